The smallest absolute Gasteiger partial charge is 0.141 e. The van der Waals surface area contributed by atoms with Crippen LogP contribution in [-0.2, 0) is 6.61 Å². The molecule has 19 heavy (non-hydrogen) atoms. The molecule has 2 aromatic carbocycles. The number of benzene rings is 2. The molecule has 4 heteroatoms. The first-order chi connectivity index (χ1) is 9.22. The van der Waals surface area contributed by atoms with Crippen molar-refractivity contribution in [3.8, 4) is 17.2 Å². The first-order valence-corrected chi connectivity index (χ1v) is 5.92. The Balaban J connectivity index is 1.99. The first kappa shape index (κ1) is 13.1. The van der Waals surface area contributed by atoms with Crippen LogP contribution in [0.3, 0.4) is 0 Å². The molecule has 2 N–H and O–H groups in total. The lowest BCUT2D eigenvalue weighted by atomic mass is 10.2. The van der Waals surface area contributed by atoms with Gasteiger partial charge in [0, 0.05) is 0 Å². The quantitative estimate of drug-likeness (QED) is 0.839. The van der Waals surface area contributed by atoms with Crippen molar-refractivity contribution >= 4 is 5.69 Å². The number of nitrogen functional groups attached to an aromatic ring is 1. The van der Waals surface area contributed by atoms with Crippen molar-refractivity contribution in [2.24, 2.45) is 0 Å². The maximum absolute atomic E-state index is 5.84. The third-order valence-corrected chi connectivity index (χ3v) is 2.76. The van der Waals surface area contributed by atoms with Crippen LogP contribution in [0.2, 0.25) is 0 Å². The topological polar surface area (TPSA) is 53.7 Å². The lowest BCUT2D eigenvalue weighted by Gasteiger charge is -2.09. The van der Waals surface area contributed by atoms with Gasteiger partial charge in [-0.2, -0.15) is 0 Å². The van der Waals surface area contributed by atoms with Gasteiger partial charge >= 0.3 is 0 Å². The van der Waals surface area contributed by atoms with E-state index >= 15 is 0 Å². The van der Waals surface area contributed by atoms with E-state index in [1.807, 2.05) is 42.5 Å². The molecule has 0 aliphatic rings. The highest BCUT2D eigenvalue weighted by molar-refractivity contribution is 5.54. The highest BCUT2D eigenvalue weighted by Gasteiger charge is 2.02. The summed E-state index contributed by atoms with van der Waals surface area (Å²) in [5.74, 6) is 2.27. The van der Waals surface area contributed by atoms with Crippen molar-refractivity contribution in [3.63, 3.8) is 0 Å². The second kappa shape index (κ2) is 6.00. The van der Waals surface area contributed by atoms with E-state index in [9.17, 15) is 0 Å². The number of rotatable bonds is 5. The monoisotopic (exact) mass is 259 g/mol. The van der Waals surface area contributed by atoms with Crippen molar-refractivity contribution in [2.75, 3.05) is 20.0 Å². The molecule has 0 radical (unpaired) electrons. The molecule has 4 nitrogen and oxygen atoms in total. The molecule has 0 saturated heterocycles. The van der Waals surface area contributed by atoms with Crippen LogP contribution in [-0.4, -0.2) is 14.2 Å². The lowest BCUT2D eigenvalue weighted by Crippen LogP contribution is -1.98. The Morgan fingerprint density at radius 3 is 2.16 bits per heavy atom. The Morgan fingerprint density at radius 2 is 1.58 bits per heavy atom. The minimum Gasteiger partial charge on any atom is -0.497 e. The average Bonchev–Trinajstić information content (AvgIpc) is 2.46. The van der Waals surface area contributed by atoms with Crippen LogP contribution >= 0.6 is 0 Å². The number of methoxy groups -OCH3 is 2. The standard InChI is InChI=1S/C15H17NO3/c1-17-12-4-6-13(7-5-12)19-10-11-3-8-15(18-2)14(16)9-11/h3-9H,10,16H2,1-2H3. The summed E-state index contributed by atoms with van der Waals surface area (Å²) in [6.45, 7) is 0.459. The van der Waals surface area contributed by atoms with Gasteiger partial charge in [-0.1, -0.05) is 6.07 Å². The number of hydrogen-bond donors (Lipinski definition) is 1. The fraction of sp³-hybridized carbons (Fsp3) is 0.200. The fourth-order valence-electron chi connectivity index (χ4n) is 1.71. The predicted molar refractivity (Wildman–Crippen MR) is 74.7 cm³/mol. The van der Waals surface area contributed by atoms with E-state index in [4.69, 9.17) is 19.9 Å². The molecule has 0 heterocycles. The Hall–Kier alpha value is -2.36. The maximum atomic E-state index is 5.84. The van der Waals surface area contributed by atoms with Gasteiger partial charge in [0.25, 0.3) is 0 Å². The van der Waals surface area contributed by atoms with Crippen molar-refractivity contribution in [3.05, 3.63) is 48.0 Å². The van der Waals surface area contributed by atoms with Crippen LogP contribution in [0.1, 0.15) is 5.56 Å². The van der Waals surface area contributed by atoms with Gasteiger partial charge < -0.3 is 19.9 Å². The van der Waals surface area contributed by atoms with Gasteiger partial charge in [0.1, 0.15) is 23.9 Å². The van der Waals surface area contributed by atoms with E-state index in [-0.39, 0.29) is 0 Å². The Bertz CT molecular complexity index is 538. The predicted octanol–water partition coefficient (Wildman–Crippen LogP) is 2.87. The SMILES string of the molecule is COc1ccc(OCc2ccc(OC)c(N)c2)cc1. The largest absolute Gasteiger partial charge is 0.497 e. The van der Waals surface area contributed by atoms with Crippen LogP contribution in [0.4, 0.5) is 5.69 Å². The zero-order valence-corrected chi connectivity index (χ0v) is 11.1. The van der Waals surface area contributed by atoms with Gasteiger partial charge in [-0.05, 0) is 42.0 Å². The lowest BCUT2D eigenvalue weighted by molar-refractivity contribution is 0.305. The van der Waals surface area contributed by atoms with Gasteiger partial charge in [0.2, 0.25) is 0 Å². The summed E-state index contributed by atoms with van der Waals surface area (Å²) in [5.41, 5.74) is 7.45. The number of nitrogens with two attached hydrogens (primary N) is 1. The molecule has 100 valence electrons. The van der Waals surface area contributed by atoms with Crippen LogP contribution < -0.4 is 19.9 Å². The minimum absolute atomic E-state index is 0.459. The van der Waals surface area contributed by atoms with E-state index in [1.165, 1.54) is 0 Å². The molecule has 0 amide bonds. The Labute approximate surface area is 112 Å². The average molecular weight is 259 g/mol. The van der Waals surface area contributed by atoms with Crippen LogP contribution in [0.15, 0.2) is 42.5 Å². The molecular weight excluding hydrogens is 242 g/mol. The summed E-state index contributed by atoms with van der Waals surface area (Å²) in [6, 6.07) is 13.1. The molecule has 0 aliphatic carbocycles. The molecule has 0 atom stereocenters. The zero-order chi connectivity index (χ0) is 13.7. The van der Waals surface area contributed by atoms with Gasteiger partial charge in [-0.25, -0.2) is 0 Å². The van der Waals surface area contributed by atoms with Gasteiger partial charge in [-0.15, -0.1) is 0 Å². The third kappa shape index (κ3) is 3.31. The first-order valence-electron chi connectivity index (χ1n) is 5.92. The Morgan fingerprint density at radius 1 is 0.895 bits per heavy atom. The maximum Gasteiger partial charge on any atom is 0.141 e. The molecule has 2 rings (SSSR count). The molecule has 0 unspecified atom stereocenters. The van der Waals surface area contributed by atoms with Crippen molar-refractivity contribution < 1.29 is 14.2 Å². The molecule has 0 bridgehead atoms. The second-order valence-electron chi connectivity index (χ2n) is 4.04. The van der Waals surface area contributed by atoms with Gasteiger partial charge in [-0.3, -0.25) is 0 Å². The molecule has 0 aliphatic heterocycles. The zero-order valence-electron chi connectivity index (χ0n) is 11.1. The van der Waals surface area contributed by atoms with E-state index in [0.717, 1.165) is 17.1 Å². The molecule has 0 aromatic heterocycles. The molecule has 0 spiro atoms. The Kier molecular flexibility index (Phi) is 4.13. The summed E-state index contributed by atoms with van der Waals surface area (Å²) >= 11 is 0. The van der Waals surface area contributed by atoms with Crippen molar-refractivity contribution in [1.82, 2.24) is 0 Å². The van der Waals surface area contributed by atoms with E-state index in [2.05, 4.69) is 0 Å². The summed E-state index contributed by atoms with van der Waals surface area (Å²) in [4.78, 5) is 0. The highest BCUT2D eigenvalue weighted by atomic mass is 16.5. The summed E-state index contributed by atoms with van der Waals surface area (Å²) in [7, 11) is 3.23. The van der Waals surface area contributed by atoms with Gasteiger partial charge in [0.05, 0.1) is 19.9 Å². The molecule has 0 fully saturated rings. The number of hydrogen-bond acceptors (Lipinski definition) is 4. The van der Waals surface area contributed by atoms with Crippen molar-refractivity contribution in [1.29, 1.82) is 0 Å². The molecular formula is C15H17NO3. The summed E-state index contributed by atoms with van der Waals surface area (Å²) < 4.78 is 15.9. The minimum atomic E-state index is 0.459. The van der Waals surface area contributed by atoms with Crippen LogP contribution in [0.5, 0.6) is 17.2 Å². The van der Waals surface area contributed by atoms with Gasteiger partial charge in [0.15, 0.2) is 0 Å². The van der Waals surface area contributed by atoms with E-state index < -0.39 is 0 Å². The molecule has 0 saturated carbocycles. The number of ether oxygens (including phenoxy) is 3. The van der Waals surface area contributed by atoms with E-state index in [1.54, 1.807) is 14.2 Å². The molecule has 2 aromatic rings. The normalized spacial score (nSPS) is 10.0. The fourth-order valence-corrected chi connectivity index (χ4v) is 1.71. The summed E-state index contributed by atoms with van der Waals surface area (Å²) in [5, 5.41) is 0. The number of anilines is 1. The highest BCUT2D eigenvalue weighted by Crippen LogP contribution is 2.23. The van der Waals surface area contributed by atoms with E-state index in [0.29, 0.717) is 18.0 Å². The summed E-state index contributed by atoms with van der Waals surface area (Å²) in [6.07, 6.45) is 0. The van der Waals surface area contributed by atoms with Crippen molar-refractivity contribution in [2.45, 2.75) is 6.61 Å². The third-order valence-electron chi connectivity index (χ3n) is 2.76. The van der Waals surface area contributed by atoms with Crippen LogP contribution in [0.25, 0.3) is 0 Å². The van der Waals surface area contributed by atoms with Crippen LogP contribution in [0, 0.1) is 0 Å². The second-order valence-corrected chi connectivity index (χ2v) is 4.04.